The lowest BCUT2D eigenvalue weighted by atomic mass is 9.93. The first-order valence-corrected chi connectivity index (χ1v) is 12.8. The van der Waals surface area contributed by atoms with Gasteiger partial charge in [0.15, 0.2) is 0 Å². The first-order chi connectivity index (χ1) is 18.0. The fraction of sp³-hybridized carbons (Fsp3) is 0.345. The highest BCUT2D eigenvalue weighted by molar-refractivity contribution is 5.91. The zero-order chi connectivity index (χ0) is 25.8. The van der Waals surface area contributed by atoms with E-state index in [4.69, 9.17) is 9.84 Å². The minimum absolute atomic E-state index is 0.0375. The van der Waals surface area contributed by atoms with E-state index in [-0.39, 0.29) is 18.0 Å². The van der Waals surface area contributed by atoms with Gasteiger partial charge in [-0.05, 0) is 49.8 Å². The van der Waals surface area contributed by atoms with Gasteiger partial charge in [-0.1, -0.05) is 48.5 Å². The molecule has 4 aromatic rings. The maximum absolute atomic E-state index is 13.4. The molecular formula is C29H34N6O2. The molecule has 1 fully saturated rings. The predicted octanol–water partition coefficient (Wildman–Crippen LogP) is 5.30. The van der Waals surface area contributed by atoms with Crippen molar-refractivity contribution < 1.29 is 9.53 Å². The van der Waals surface area contributed by atoms with Gasteiger partial charge in [-0.15, -0.1) is 0 Å². The topological polar surface area (TPSA) is 86.0 Å². The van der Waals surface area contributed by atoms with Crippen LogP contribution in [0.25, 0.3) is 16.9 Å². The Morgan fingerprint density at radius 1 is 1.08 bits per heavy atom. The van der Waals surface area contributed by atoms with Crippen LogP contribution in [-0.4, -0.2) is 45.4 Å². The standard InChI is InChI=1S/C29H34N6O2/c1-20-27(23-18-30-34(2)19-23)33-35(24-12-8-5-9-13-24)28(20)32-29(36)31-26-17-21(14-15-37-3)16-25(26)22-10-6-4-7-11-22/h4-13,18-19,21,25-26H,14-17H2,1-3H3,(H2,31,32,36)/t21?,25-,26?/m1/s1. The van der Waals surface area contributed by atoms with E-state index in [1.54, 1.807) is 22.7 Å². The molecule has 2 amide bonds. The first-order valence-electron chi connectivity index (χ1n) is 12.8. The molecule has 0 radical (unpaired) electrons. The fourth-order valence-electron chi connectivity index (χ4n) is 5.42. The molecule has 3 atom stereocenters. The van der Waals surface area contributed by atoms with E-state index < -0.39 is 0 Å². The van der Waals surface area contributed by atoms with Gasteiger partial charge >= 0.3 is 6.03 Å². The Balaban J connectivity index is 1.41. The van der Waals surface area contributed by atoms with Crippen molar-refractivity contribution in [2.45, 2.75) is 38.1 Å². The van der Waals surface area contributed by atoms with Gasteiger partial charge in [-0.25, -0.2) is 9.48 Å². The van der Waals surface area contributed by atoms with Crippen molar-refractivity contribution >= 4 is 11.8 Å². The number of methoxy groups -OCH3 is 1. The Morgan fingerprint density at radius 2 is 1.81 bits per heavy atom. The summed E-state index contributed by atoms with van der Waals surface area (Å²) in [6.45, 7) is 2.71. The van der Waals surface area contributed by atoms with Crippen molar-refractivity contribution in [1.29, 1.82) is 0 Å². The minimum atomic E-state index is -0.226. The second kappa shape index (κ2) is 11.0. The molecule has 1 aliphatic carbocycles. The maximum Gasteiger partial charge on any atom is 0.320 e. The Bertz CT molecular complexity index is 1330. The third-order valence-corrected chi connectivity index (χ3v) is 7.27. The van der Waals surface area contributed by atoms with E-state index in [0.717, 1.165) is 48.4 Å². The molecule has 0 saturated heterocycles. The maximum atomic E-state index is 13.4. The van der Waals surface area contributed by atoms with Crippen molar-refractivity contribution in [3.8, 4) is 16.9 Å². The molecule has 37 heavy (non-hydrogen) atoms. The van der Waals surface area contributed by atoms with Crippen molar-refractivity contribution in [1.82, 2.24) is 24.9 Å². The average Bonchev–Trinajstić information content (AvgIpc) is 3.61. The Kier molecular flexibility index (Phi) is 7.37. The van der Waals surface area contributed by atoms with Crippen LogP contribution in [0.3, 0.4) is 0 Å². The zero-order valence-corrected chi connectivity index (χ0v) is 21.6. The molecule has 0 bridgehead atoms. The number of nitrogens with zero attached hydrogens (tertiary/aromatic N) is 4. The lowest BCUT2D eigenvalue weighted by Gasteiger charge is -2.22. The third kappa shape index (κ3) is 5.44. The molecule has 2 heterocycles. The zero-order valence-electron chi connectivity index (χ0n) is 21.6. The molecule has 1 aliphatic rings. The summed E-state index contributed by atoms with van der Waals surface area (Å²) in [4.78, 5) is 13.4. The lowest BCUT2D eigenvalue weighted by Crippen LogP contribution is -2.40. The quantitative estimate of drug-likeness (QED) is 0.345. The number of hydrogen-bond acceptors (Lipinski definition) is 4. The summed E-state index contributed by atoms with van der Waals surface area (Å²) in [6.07, 6.45) is 6.67. The van der Waals surface area contributed by atoms with Crippen LogP contribution < -0.4 is 10.6 Å². The number of benzene rings is 2. The van der Waals surface area contributed by atoms with Gasteiger partial charge in [0.25, 0.3) is 0 Å². The van der Waals surface area contributed by atoms with Gasteiger partial charge in [0.05, 0.1) is 11.9 Å². The number of anilines is 1. The summed E-state index contributed by atoms with van der Waals surface area (Å²) in [6, 6.07) is 20.1. The number of para-hydroxylation sites is 1. The summed E-state index contributed by atoms with van der Waals surface area (Å²) in [7, 11) is 3.62. The third-order valence-electron chi connectivity index (χ3n) is 7.27. The molecule has 0 spiro atoms. The molecule has 2 aromatic heterocycles. The second-order valence-electron chi connectivity index (χ2n) is 9.81. The molecule has 8 heteroatoms. The summed E-state index contributed by atoms with van der Waals surface area (Å²) in [5, 5.41) is 15.6. The Labute approximate surface area is 217 Å². The normalized spacial score (nSPS) is 19.2. The number of carbonyl (C=O) groups excluding carboxylic acids is 1. The molecule has 1 saturated carbocycles. The van der Waals surface area contributed by atoms with Gasteiger partial charge < -0.3 is 10.1 Å². The molecule has 2 aromatic carbocycles. The summed E-state index contributed by atoms with van der Waals surface area (Å²) < 4.78 is 8.88. The highest BCUT2D eigenvalue weighted by atomic mass is 16.5. The SMILES string of the molecule is COCCC1CC(NC(=O)Nc2c(C)c(-c3cnn(C)c3)nn2-c2ccccc2)[C@@H](c2ccccc2)C1. The number of ether oxygens (including phenoxy) is 1. The van der Waals surface area contributed by atoms with Gasteiger partial charge in [-0.3, -0.25) is 10.00 Å². The predicted molar refractivity (Wildman–Crippen MR) is 145 cm³/mol. The molecule has 8 nitrogen and oxygen atoms in total. The largest absolute Gasteiger partial charge is 0.385 e. The van der Waals surface area contributed by atoms with E-state index in [1.165, 1.54) is 5.56 Å². The van der Waals surface area contributed by atoms with Crippen LogP contribution in [0.4, 0.5) is 10.6 Å². The number of carbonyl (C=O) groups is 1. The van der Waals surface area contributed by atoms with E-state index in [1.807, 2.05) is 56.6 Å². The minimum Gasteiger partial charge on any atom is -0.385 e. The van der Waals surface area contributed by atoms with Crippen molar-refractivity contribution in [2.75, 3.05) is 19.0 Å². The van der Waals surface area contributed by atoms with E-state index in [2.05, 4.69) is 40.0 Å². The van der Waals surface area contributed by atoms with Crippen LogP contribution in [0, 0.1) is 12.8 Å². The molecule has 5 rings (SSSR count). The van der Waals surface area contributed by atoms with Gasteiger partial charge in [0, 0.05) is 50.0 Å². The van der Waals surface area contributed by atoms with Crippen molar-refractivity contribution in [3.05, 3.63) is 84.2 Å². The Hall–Kier alpha value is -3.91. The summed E-state index contributed by atoms with van der Waals surface area (Å²) >= 11 is 0. The molecule has 2 unspecified atom stereocenters. The van der Waals surface area contributed by atoms with E-state index in [9.17, 15) is 4.79 Å². The van der Waals surface area contributed by atoms with Gasteiger partial charge in [-0.2, -0.15) is 10.2 Å². The summed E-state index contributed by atoms with van der Waals surface area (Å²) in [5.74, 6) is 1.41. The van der Waals surface area contributed by atoms with Gasteiger partial charge in [0.1, 0.15) is 11.5 Å². The lowest BCUT2D eigenvalue weighted by molar-refractivity contribution is 0.177. The highest BCUT2D eigenvalue weighted by Gasteiger charge is 2.36. The smallest absolute Gasteiger partial charge is 0.320 e. The highest BCUT2D eigenvalue weighted by Crippen LogP contribution is 2.40. The van der Waals surface area contributed by atoms with Crippen LogP contribution >= 0.6 is 0 Å². The average molecular weight is 499 g/mol. The second-order valence-corrected chi connectivity index (χ2v) is 9.81. The summed E-state index contributed by atoms with van der Waals surface area (Å²) in [5.41, 5.74) is 4.71. The number of aryl methyl sites for hydroxylation is 1. The number of aromatic nitrogens is 4. The Morgan fingerprint density at radius 3 is 2.49 bits per heavy atom. The fourth-order valence-corrected chi connectivity index (χ4v) is 5.42. The van der Waals surface area contributed by atoms with Crippen LogP contribution in [0.5, 0.6) is 0 Å². The van der Waals surface area contributed by atoms with Crippen molar-refractivity contribution in [3.63, 3.8) is 0 Å². The molecule has 192 valence electrons. The van der Waals surface area contributed by atoms with Crippen molar-refractivity contribution in [2.24, 2.45) is 13.0 Å². The van der Waals surface area contributed by atoms with Crippen LogP contribution in [0.15, 0.2) is 73.1 Å². The first kappa shape index (κ1) is 24.8. The van der Waals surface area contributed by atoms with Crippen LogP contribution in [-0.2, 0) is 11.8 Å². The van der Waals surface area contributed by atoms with Crippen LogP contribution in [0.1, 0.15) is 36.3 Å². The number of urea groups is 1. The molecular weight excluding hydrogens is 464 g/mol. The number of amides is 2. The number of rotatable bonds is 8. The van der Waals surface area contributed by atoms with Crippen LogP contribution in [0.2, 0.25) is 0 Å². The monoisotopic (exact) mass is 498 g/mol. The number of hydrogen-bond donors (Lipinski definition) is 2. The molecule has 2 N–H and O–H groups in total. The van der Waals surface area contributed by atoms with E-state index >= 15 is 0 Å². The molecule has 0 aliphatic heterocycles. The van der Waals surface area contributed by atoms with Gasteiger partial charge in [0.2, 0.25) is 0 Å². The number of nitrogens with one attached hydrogen (secondary N) is 2. The van der Waals surface area contributed by atoms with E-state index in [0.29, 0.717) is 11.7 Å².